The van der Waals surface area contributed by atoms with Gasteiger partial charge in [-0.1, -0.05) is 30.7 Å². The summed E-state index contributed by atoms with van der Waals surface area (Å²) in [5, 5.41) is 3.59. The van der Waals surface area contributed by atoms with Crippen LogP contribution in [-0.4, -0.2) is 25.8 Å². The lowest BCUT2D eigenvalue weighted by atomic mass is 9.87. The Morgan fingerprint density at radius 3 is 3.00 bits per heavy atom. The molecule has 2 nitrogen and oxygen atoms in total. The second-order valence-corrected chi connectivity index (χ2v) is 5.46. The van der Waals surface area contributed by atoms with Crippen molar-refractivity contribution in [1.82, 2.24) is 5.32 Å². The zero-order chi connectivity index (χ0) is 13.8. The van der Waals surface area contributed by atoms with E-state index in [1.807, 2.05) is 13.1 Å². The Morgan fingerprint density at radius 2 is 2.32 bits per heavy atom. The molecule has 19 heavy (non-hydrogen) atoms. The number of benzene rings is 1. The molecular formula is C15H21ClFNO. The van der Waals surface area contributed by atoms with E-state index in [2.05, 4.69) is 12.2 Å². The van der Waals surface area contributed by atoms with Gasteiger partial charge < -0.3 is 10.1 Å². The van der Waals surface area contributed by atoms with E-state index < -0.39 is 0 Å². The SMILES string of the molecule is CCC1OCCC1C(Cc1cccc(F)c1Cl)NC. The predicted molar refractivity (Wildman–Crippen MR) is 76.1 cm³/mol. The van der Waals surface area contributed by atoms with E-state index in [4.69, 9.17) is 16.3 Å². The first-order chi connectivity index (χ1) is 9.17. The molecule has 4 heteroatoms. The Balaban J connectivity index is 2.12. The molecule has 1 N–H and O–H groups in total. The van der Waals surface area contributed by atoms with Gasteiger partial charge in [0.25, 0.3) is 0 Å². The lowest BCUT2D eigenvalue weighted by Crippen LogP contribution is -2.39. The first-order valence-corrected chi connectivity index (χ1v) is 7.27. The first-order valence-electron chi connectivity index (χ1n) is 6.89. The van der Waals surface area contributed by atoms with Crippen LogP contribution in [0.25, 0.3) is 0 Å². The minimum Gasteiger partial charge on any atom is -0.378 e. The van der Waals surface area contributed by atoms with Gasteiger partial charge in [-0.3, -0.25) is 0 Å². The van der Waals surface area contributed by atoms with E-state index in [9.17, 15) is 4.39 Å². The van der Waals surface area contributed by atoms with Crippen LogP contribution in [0.4, 0.5) is 4.39 Å². The van der Waals surface area contributed by atoms with Gasteiger partial charge in [0, 0.05) is 18.6 Å². The molecule has 1 aromatic carbocycles. The van der Waals surface area contributed by atoms with Crippen LogP contribution < -0.4 is 5.32 Å². The summed E-state index contributed by atoms with van der Waals surface area (Å²) in [6, 6.07) is 5.28. The molecule has 3 atom stereocenters. The van der Waals surface area contributed by atoms with Gasteiger partial charge in [-0.25, -0.2) is 4.39 Å². The Labute approximate surface area is 119 Å². The summed E-state index contributed by atoms with van der Waals surface area (Å²) in [4.78, 5) is 0. The van der Waals surface area contributed by atoms with Crippen LogP contribution in [0.5, 0.6) is 0 Å². The third-order valence-electron chi connectivity index (χ3n) is 4.02. The van der Waals surface area contributed by atoms with E-state index in [-0.39, 0.29) is 16.9 Å². The van der Waals surface area contributed by atoms with Crippen LogP contribution in [0.3, 0.4) is 0 Å². The highest BCUT2D eigenvalue weighted by Crippen LogP contribution is 2.30. The summed E-state index contributed by atoms with van der Waals surface area (Å²) in [5.74, 6) is 0.123. The standard InChI is InChI=1S/C15H21ClFNO/c1-3-14-11(7-8-19-14)13(18-2)9-10-5-4-6-12(17)15(10)16/h4-6,11,13-14,18H,3,7-9H2,1-2H3. The molecule has 0 aliphatic carbocycles. The molecule has 1 fully saturated rings. The summed E-state index contributed by atoms with van der Waals surface area (Å²) in [6.45, 7) is 2.96. The molecule has 0 aromatic heterocycles. The molecule has 0 radical (unpaired) electrons. The number of ether oxygens (including phenoxy) is 1. The van der Waals surface area contributed by atoms with Crippen LogP contribution >= 0.6 is 11.6 Å². The quantitative estimate of drug-likeness (QED) is 0.895. The molecule has 106 valence electrons. The van der Waals surface area contributed by atoms with Crippen molar-refractivity contribution in [2.75, 3.05) is 13.7 Å². The Bertz CT molecular complexity index is 427. The van der Waals surface area contributed by atoms with Crippen molar-refractivity contribution in [1.29, 1.82) is 0 Å². The molecule has 1 saturated heterocycles. The first kappa shape index (κ1) is 14.8. The van der Waals surface area contributed by atoms with Gasteiger partial charge in [0.1, 0.15) is 5.82 Å². The van der Waals surface area contributed by atoms with Crippen LogP contribution in [0.15, 0.2) is 18.2 Å². The Hall–Kier alpha value is -0.640. The maximum atomic E-state index is 13.5. The number of rotatable bonds is 5. The van der Waals surface area contributed by atoms with Crippen molar-refractivity contribution in [3.05, 3.63) is 34.6 Å². The van der Waals surface area contributed by atoms with E-state index in [1.54, 1.807) is 6.07 Å². The average Bonchev–Trinajstić information content (AvgIpc) is 2.88. The van der Waals surface area contributed by atoms with Crippen molar-refractivity contribution < 1.29 is 9.13 Å². The number of hydrogen-bond donors (Lipinski definition) is 1. The topological polar surface area (TPSA) is 21.3 Å². The molecule has 0 bridgehead atoms. The smallest absolute Gasteiger partial charge is 0.142 e. The summed E-state index contributed by atoms with van der Waals surface area (Å²) in [6.07, 6.45) is 3.10. The van der Waals surface area contributed by atoms with Gasteiger partial charge >= 0.3 is 0 Å². The van der Waals surface area contributed by atoms with Gasteiger partial charge in [0.05, 0.1) is 11.1 Å². The second-order valence-electron chi connectivity index (χ2n) is 5.08. The van der Waals surface area contributed by atoms with Gasteiger partial charge in [-0.2, -0.15) is 0 Å². The van der Waals surface area contributed by atoms with Crippen molar-refractivity contribution in [3.63, 3.8) is 0 Å². The second kappa shape index (κ2) is 6.69. The van der Waals surface area contributed by atoms with E-state index in [0.29, 0.717) is 12.0 Å². The maximum Gasteiger partial charge on any atom is 0.142 e. The van der Waals surface area contributed by atoms with E-state index in [0.717, 1.165) is 31.4 Å². The zero-order valence-electron chi connectivity index (χ0n) is 11.5. The van der Waals surface area contributed by atoms with Gasteiger partial charge in [-0.05, 0) is 37.9 Å². The number of hydrogen-bond acceptors (Lipinski definition) is 2. The monoisotopic (exact) mass is 285 g/mol. The van der Waals surface area contributed by atoms with Gasteiger partial charge in [0.2, 0.25) is 0 Å². The summed E-state index contributed by atoms with van der Waals surface area (Å²) >= 11 is 6.04. The molecule has 0 amide bonds. The molecule has 3 unspecified atom stereocenters. The molecule has 1 heterocycles. The van der Waals surface area contributed by atoms with Crippen LogP contribution in [0, 0.1) is 11.7 Å². The predicted octanol–water partition coefficient (Wildman–Crippen LogP) is 3.42. The fourth-order valence-electron chi connectivity index (χ4n) is 2.96. The van der Waals surface area contributed by atoms with E-state index in [1.165, 1.54) is 6.07 Å². The molecule has 0 spiro atoms. The maximum absolute atomic E-state index is 13.5. The molecule has 1 aliphatic heterocycles. The van der Waals surface area contributed by atoms with Crippen LogP contribution in [-0.2, 0) is 11.2 Å². The highest BCUT2D eigenvalue weighted by Gasteiger charge is 2.33. The summed E-state index contributed by atoms with van der Waals surface area (Å²) in [5.41, 5.74) is 0.864. The molecule has 1 aromatic rings. The van der Waals surface area contributed by atoms with Crippen LogP contribution in [0.2, 0.25) is 5.02 Å². The minimum absolute atomic E-state index is 0.245. The highest BCUT2D eigenvalue weighted by molar-refractivity contribution is 6.31. The number of likely N-dealkylation sites (N-methyl/N-ethyl adjacent to an activating group) is 1. The third-order valence-corrected chi connectivity index (χ3v) is 4.45. The fourth-order valence-corrected chi connectivity index (χ4v) is 3.16. The zero-order valence-corrected chi connectivity index (χ0v) is 12.2. The Kier molecular flexibility index (Phi) is 5.20. The molecule has 0 saturated carbocycles. The van der Waals surface area contributed by atoms with Crippen LogP contribution in [0.1, 0.15) is 25.3 Å². The largest absolute Gasteiger partial charge is 0.378 e. The highest BCUT2D eigenvalue weighted by atomic mass is 35.5. The number of nitrogens with one attached hydrogen (secondary N) is 1. The Morgan fingerprint density at radius 1 is 1.53 bits per heavy atom. The molecular weight excluding hydrogens is 265 g/mol. The molecule has 1 aliphatic rings. The normalized spacial score (nSPS) is 24.6. The van der Waals surface area contributed by atoms with E-state index >= 15 is 0 Å². The van der Waals surface area contributed by atoms with Gasteiger partial charge in [-0.15, -0.1) is 0 Å². The van der Waals surface area contributed by atoms with Crippen molar-refractivity contribution in [2.45, 2.75) is 38.3 Å². The minimum atomic E-state index is -0.344. The lowest BCUT2D eigenvalue weighted by molar-refractivity contribution is 0.0783. The lowest BCUT2D eigenvalue weighted by Gasteiger charge is -2.27. The van der Waals surface area contributed by atoms with Crippen molar-refractivity contribution in [3.8, 4) is 0 Å². The summed E-state index contributed by atoms with van der Waals surface area (Å²) in [7, 11) is 1.95. The fraction of sp³-hybridized carbons (Fsp3) is 0.600. The summed E-state index contributed by atoms with van der Waals surface area (Å²) < 4.78 is 19.2. The van der Waals surface area contributed by atoms with Crippen molar-refractivity contribution >= 4 is 11.6 Å². The number of halogens is 2. The van der Waals surface area contributed by atoms with Crippen molar-refractivity contribution in [2.24, 2.45) is 5.92 Å². The molecule has 2 rings (SSSR count). The third kappa shape index (κ3) is 3.28. The van der Waals surface area contributed by atoms with Gasteiger partial charge in [0.15, 0.2) is 0 Å². The average molecular weight is 286 g/mol.